The Labute approximate surface area is 97.9 Å². The van der Waals surface area contributed by atoms with Crippen LogP contribution in [0.25, 0.3) is 0 Å². The summed E-state index contributed by atoms with van der Waals surface area (Å²) in [6.07, 6.45) is 5.07. The monoisotopic (exact) mass is 240 g/mol. The molecule has 0 amide bonds. The molecule has 0 radical (unpaired) electrons. The van der Waals surface area contributed by atoms with Crippen molar-refractivity contribution in [3.63, 3.8) is 0 Å². The number of cyclic esters (lactones) is 1. The molecule has 1 saturated heterocycles. The van der Waals surface area contributed by atoms with Crippen LogP contribution < -0.4 is 0 Å². The first-order chi connectivity index (χ1) is 7.38. The Morgan fingerprint density at radius 1 is 1.44 bits per heavy atom. The van der Waals surface area contributed by atoms with Crippen molar-refractivity contribution in [1.29, 1.82) is 0 Å². The van der Waals surface area contributed by atoms with Crippen LogP contribution in [-0.4, -0.2) is 26.5 Å². The third kappa shape index (κ3) is 2.22. The minimum atomic E-state index is -1.62. The molecule has 0 saturated carbocycles. The first-order valence-electron chi connectivity index (χ1n) is 5.93. The summed E-state index contributed by atoms with van der Waals surface area (Å²) in [4.78, 5) is 11.8. The Morgan fingerprint density at radius 2 is 2.12 bits per heavy atom. The Kier molecular flexibility index (Phi) is 2.97. The molecule has 0 aromatic heterocycles. The van der Waals surface area contributed by atoms with Crippen LogP contribution in [-0.2, 0) is 14.0 Å². The number of allylic oxidation sites excluding steroid dienone is 1. The number of rotatable bonds is 2. The normalized spacial score (nSPS) is 38.4. The second kappa shape index (κ2) is 4.00. The highest BCUT2D eigenvalue weighted by Crippen LogP contribution is 2.38. The van der Waals surface area contributed by atoms with E-state index in [4.69, 9.17) is 9.16 Å². The van der Waals surface area contributed by atoms with Gasteiger partial charge in [-0.25, -0.2) is 0 Å². The van der Waals surface area contributed by atoms with Gasteiger partial charge in [-0.3, -0.25) is 4.79 Å². The van der Waals surface area contributed by atoms with Gasteiger partial charge in [-0.1, -0.05) is 12.2 Å². The third-order valence-corrected chi connectivity index (χ3v) is 4.20. The SMILES string of the molecule is C[C@H]1OC(=O)[C@H]2[C@@H]1CC=C[C@H]2O[Si](C)(C)C. The van der Waals surface area contributed by atoms with Crippen molar-refractivity contribution in [2.45, 2.75) is 45.2 Å². The van der Waals surface area contributed by atoms with Crippen molar-refractivity contribution < 1.29 is 14.0 Å². The molecule has 1 aliphatic heterocycles. The lowest BCUT2D eigenvalue weighted by Crippen LogP contribution is -2.41. The van der Waals surface area contributed by atoms with E-state index in [0.29, 0.717) is 5.92 Å². The molecule has 0 unspecified atom stereocenters. The zero-order chi connectivity index (χ0) is 11.9. The van der Waals surface area contributed by atoms with Crippen molar-refractivity contribution in [3.8, 4) is 0 Å². The summed E-state index contributed by atoms with van der Waals surface area (Å²) in [6, 6.07) is 0. The lowest BCUT2D eigenvalue weighted by molar-refractivity contribution is -0.145. The van der Waals surface area contributed by atoms with Gasteiger partial charge in [0.2, 0.25) is 0 Å². The molecule has 3 nitrogen and oxygen atoms in total. The molecular formula is C12H20O3Si. The minimum absolute atomic E-state index is 0.0372. The molecule has 16 heavy (non-hydrogen) atoms. The molecule has 0 N–H and O–H groups in total. The van der Waals surface area contributed by atoms with Crippen LogP contribution in [0.5, 0.6) is 0 Å². The van der Waals surface area contributed by atoms with Crippen LogP contribution in [0.4, 0.5) is 0 Å². The average molecular weight is 240 g/mol. The molecule has 0 aromatic rings. The van der Waals surface area contributed by atoms with E-state index in [0.717, 1.165) is 6.42 Å². The fourth-order valence-corrected chi connectivity index (χ4v) is 3.58. The van der Waals surface area contributed by atoms with Gasteiger partial charge in [0.25, 0.3) is 0 Å². The van der Waals surface area contributed by atoms with Crippen molar-refractivity contribution in [3.05, 3.63) is 12.2 Å². The Hall–Kier alpha value is -0.613. The summed E-state index contributed by atoms with van der Waals surface area (Å²) in [7, 11) is -1.62. The van der Waals surface area contributed by atoms with Crippen LogP contribution in [0, 0.1) is 11.8 Å². The van der Waals surface area contributed by atoms with Gasteiger partial charge < -0.3 is 9.16 Å². The van der Waals surface area contributed by atoms with Gasteiger partial charge in [0.1, 0.15) is 6.10 Å². The average Bonchev–Trinajstić information content (AvgIpc) is 2.41. The van der Waals surface area contributed by atoms with Gasteiger partial charge in [0, 0.05) is 5.92 Å². The molecule has 2 aliphatic rings. The summed E-state index contributed by atoms with van der Waals surface area (Å²) >= 11 is 0. The lowest BCUT2D eigenvalue weighted by Gasteiger charge is -2.32. The second-order valence-corrected chi connectivity index (χ2v) is 10.2. The maximum Gasteiger partial charge on any atom is 0.312 e. The fourth-order valence-electron chi connectivity index (χ4n) is 2.54. The van der Waals surface area contributed by atoms with E-state index in [2.05, 4.69) is 25.7 Å². The maximum absolute atomic E-state index is 11.8. The van der Waals surface area contributed by atoms with Gasteiger partial charge in [-0.05, 0) is 33.0 Å². The largest absolute Gasteiger partial charge is 0.462 e. The third-order valence-electron chi connectivity index (χ3n) is 3.22. The van der Waals surface area contributed by atoms with Crippen LogP contribution in [0.2, 0.25) is 19.6 Å². The highest BCUT2D eigenvalue weighted by molar-refractivity contribution is 6.69. The molecule has 0 aromatic carbocycles. The zero-order valence-corrected chi connectivity index (χ0v) is 11.4. The van der Waals surface area contributed by atoms with Crippen LogP contribution in [0.1, 0.15) is 13.3 Å². The summed E-state index contributed by atoms with van der Waals surface area (Å²) in [5.74, 6) is 0.149. The quantitative estimate of drug-likeness (QED) is 0.422. The zero-order valence-electron chi connectivity index (χ0n) is 10.4. The number of carbonyl (C=O) groups excluding carboxylic acids is 1. The molecule has 2 rings (SSSR count). The molecule has 1 heterocycles. The number of fused-ring (bicyclic) bond motifs is 1. The summed E-state index contributed by atoms with van der Waals surface area (Å²) in [5.41, 5.74) is 0. The molecule has 4 heteroatoms. The van der Waals surface area contributed by atoms with E-state index in [-0.39, 0.29) is 24.1 Å². The first kappa shape index (κ1) is 11.9. The van der Waals surface area contributed by atoms with Gasteiger partial charge in [-0.2, -0.15) is 0 Å². The van der Waals surface area contributed by atoms with E-state index in [1.807, 2.05) is 13.0 Å². The summed E-state index contributed by atoms with van der Waals surface area (Å²) < 4.78 is 11.4. The standard InChI is InChI=1S/C12H20O3Si/c1-8-9-6-5-7-10(15-16(2,3)4)11(9)12(13)14-8/h5,7-11H,6H2,1-4H3/t8-,9-,10-,11+/m1/s1. The second-order valence-electron chi connectivity index (χ2n) is 5.69. The van der Waals surface area contributed by atoms with Crippen LogP contribution in [0.3, 0.4) is 0 Å². The topological polar surface area (TPSA) is 35.5 Å². The molecule has 1 fully saturated rings. The lowest BCUT2D eigenvalue weighted by atomic mass is 9.80. The number of ether oxygens (including phenoxy) is 1. The van der Waals surface area contributed by atoms with Gasteiger partial charge in [0.15, 0.2) is 8.32 Å². The molecule has 90 valence electrons. The van der Waals surface area contributed by atoms with Crippen molar-refractivity contribution >= 4 is 14.3 Å². The minimum Gasteiger partial charge on any atom is -0.462 e. The van der Waals surface area contributed by atoms with E-state index in [1.165, 1.54) is 0 Å². The Bertz CT molecular complexity index is 319. The van der Waals surface area contributed by atoms with E-state index >= 15 is 0 Å². The smallest absolute Gasteiger partial charge is 0.312 e. The van der Waals surface area contributed by atoms with E-state index in [9.17, 15) is 4.79 Å². The molecule has 0 spiro atoms. The highest BCUT2D eigenvalue weighted by Gasteiger charge is 2.48. The highest BCUT2D eigenvalue weighted by atomic mass is 28.4. The van der Waals surface area contributed by atoms with Crippen molar-refractivity contribution in [1.82, 2.24) is 0 Å². The van der Waals surface area contributed by atoms with Crippen molar-refractivity contribution in [2.75, 3.05) is 0 Å². The number of esters is 1. The molecule has 0 bridgehead atoms. The Balaban J connectivity index is 2.17. The van der Waals surface area contributed by atoms with E-state index in [1.54, 1.807) is 0 Å². The number of hydrogen-bond donors (Lipinski definition) is 0. The maximum atomic E-state index is 11.8. The number of carbonyl (C=O) groups is 1. The van der Waals surface area contributed by atoms with Gasteiger partial charge in [-0.15, -0.1) is 0 Å². The van der Waals surface area contributed by atoms with E-state index < -0.39 is 8.32 Å². The fraction of sp³-hybridized carbons (Fsp3) is 0.750. The number of hydrogen-bond acceptors (Lipinski definition) is 3. The molecule has 1 aliphatic carbocycles. The molecular weight excluding hydrogens is 220 g/mol. The van der Waals surface area contributed by atoms with Gasteiger partial charge >= 0.3 is 5.97 Å². The summed E-state index contributed by atoms with van der Waals surface area (Å²) in [6.45, 7) is 8.42. The predicted molar refractivity (Wildman–Crippen MR) is 64.5 cm³/mol. The Morgan fingerprint density at radius 3 is 2.75 bits per heavy atom. The molecule has 4 atom stereocenters. The first-order valence-corrected chi connectivity index (χ1v) is 9.34. The van der Waals surface area contributed by atoms with Crippen LogP contribution >= 0.6 is 0 Å². The predicted octanol–water partition coefficient (Wildman–Crippen LogP) is 2.34. The van der Waals surface area contributed by atoms with Crippen molar-refractivity contribution in [2.24, 2.45) is 11.8 Å². The van der Waals surface area contributed by atoms with Crippen LogP contribution in [0.15, 0.2) is 12.2 Å². The van der Waals surface area contributed by atoms with Gasteiger partial charge in [0.05, 0.1) is 12.0 Å². The summed E-state index contributed by atoms with van der Waals surface area (Å²) in [5, 5.41) is 0.